The van der Waals surface area contributed by atoms with Gasteiger partial charge in [-0.1, -0.05) is 29.8 Å². The fourth-order valence-electron chi connectivity index (χ4n) is 5.81. The van der Waals surface area contributed by atoms with Crippen molar-refractivity contribution in [3.05, 3.63) is 65.0 Å². The van der Waals surface area contributed by atoms with Crippen LogP contribution >= 0.6 is 0 Å². The lowest BCUT2D eigenvalue weighted by atomic mass is 9.75. The van der Waals surface area contributed by atoms with E-state index in [2.05, 4.69) is 15.9 Å². The van der Waals surface area contributed by atoms with E-state index in [1.807, 2.05) is 31.2 Å². The van der Waals surface area contributed by atoms with Crippen LogP contribution in [0.25, 0.3) is 0 Å². The Balaban J connectivity index is 1.50. The lowest BCUT2D eigenvalue weighted by Gasteiger charge is -2.51. The molecule has 4 fully saturated rings. The Kier molecular flexibility index (Phi) is 4.21. The monoisotopic (exact) mass is 366 g/mol. The molecule has 1 N–H and O–H groups in total. The number of benzene rings is 2. The predicted octanol–water partition coefficient (Wildman–Crippen LogP) is 3.90. The predicted molar refractivity (Wildman–Crippen MR) is 104 cm³/mol. The van der Waals surface area contributed by atoms with Gasteiger partial charge in [0.1, 0.15) is 11.6 Å². The molecule has 0 amide bonds. The maximum Gasteiger partial charge on any atom is 0.127 e. The standard InChI is InChI=1S/C23H27FN2O/c1-15-5-6-21(24)18(11-15)13-26-14-20(17-3-2-4-19(27)12-17)23-22(26)16-7-9-25(23)10-8-16/h2-6,11-12,16,20,22-23,27H,7-10,13-14H2,1H3/t20-,22+,23+/m1/s1. The van der Waals surface area contributed by atoms with E-state index >= 15 is 0 Å². The van der Waals surface area contributed by atoms with Gasteiger partial charge in [-0.05, 0) is 62.5 Å². The summed E-state index contributed by atoms with van der Waals surface area (Å²) in [6, 6.07) is 14.1. The highest BCUT2D eigenvalue weighted by molar-refractivity contribution is 5.34. The molecule has 0 unspecified atom stereocenters. The summed E-state index contributed by atoms with van der Waals surface area (Å²) in [4.78, 5) is 5.17. The number of aryl methyl sites for hydroxylation is 1. The summed E-state index contributed by atoms with van der Waals surface area (Å²) in [5, 5.41) is 9.99. The Hall–Kier alpha value is -1.91. The van der Waals surface area contributed by atoms with Crippen molar-refractivity contribution in [2.75, 3.05) is 19.6 Å². The number of nitrogens with zero attached hydrogens (tertiary/aromatic N) is 2. The highest BCUT2D eigenvalue weighted by Gasteiger charge is 2.53. The van der Waals surface area contributed by atoms with Crippen LogP contribution in [0.1, 0.15) is 35.4 Å². The van der Waals surface area contributed by atoms with Crippen LogP contribution in [0.3, 0.4) is 0 Å². The average molecular weight is 366 g/mol. The van der Waals surface area contributed by atoms with E-state index in [0.29, 0.717) is 36.2 Å². The van der Waals surface area contributed by atoms with Crippen molar-refractivity contribution in [2.24, 2.45) is 5.92 Å². The van der Waals surface area contributed by atoms with Crippen LogP contribution in [-0.2, 0) is 6.54 Å². The van der Waals surface area contributed by atoms with Gasteiger partial charge in [-0.2, -0.15) is 0 Å². The van der Waals surface area contributed by atoms with Crippen molar-refractivity contribution in [1.82, 2.24) is 9.80 Å². The van der Waals surface area contributed by atoms with Crippen molar-refractivity contribution in [1.29, 1.82) is 0 Å². The number of fused-ring (bicyclic) bond motifs is 2. The van der Waals surface area contributed by atoms with E-state index < -0.39 is 0 Å². The molecule has 0 radical (unpaired) electrons. The van der Waals surface area contributed by atoms with Crippen LogP contribution in [0, 0.1) is 18.7 Å². The number of likely N-dealkylation sites (tertiary alicyclic amines) is 1. The van der Waals surface area contributed by atoms with Crippen LogP contribution in [0.4, 0.5) is 4.39 Å². The van der Waals surface area contributed by atoms with Crippen molar-refractivity contribution in [2.45, 2.75) is 44.3 Å². The molecule has 2 aromatic carbocycles. The second-order valence-corrected chi connectivity index (χ2v) is 8.58. The van der Waals surface area contributed by atoms with Gasteiger partial charge in [0.15, 0.2) is 0 Å². The smallest absolute Gasteiger partial charge is 0.127 e. The second-order valence-electron chi connectivity index (χ2n) is 8.58. The normalized spacial score (nSPS) is 32.6. The van der Waals surface area contributed by atoms with Gasteiger partial charge in [-0.25, -0.2) is 4.39 Å². The Morgan fingerprint density at radius 1 is 1.07 bits per heavy atom. The molecule has 0 aliphatic carbocycles. The van der Waals surface area contributed by atoms with Gasteiger partial charge in [0.2, 0.25) is 0 Å². The van der Waals surface area contributed by atoms with Gasteiger partial charge in [0, 0.05) is 36.7 Å². The number of halogens is 1. The molecular weight excluding hydrogens is 339 g/mol. The van der Waals surface area contributed by atoms with E-state index in [9.17, 15) is 9.50 Å². The molecule has 0 aromatic heterocycles. The first kappa shape index (κ1) is 17.2. The Labute approximate surface area is 160 Å². The van der Waals surface area contributed by atoms with Crippen molar-refractivity contribution < 1.29 is 9.50 Å². The zero-order chi connectivity index (χ0) is 18.5. The summed E-state index contributed by atoms with van der Waals surface area (Å²) in [5.74, 6) is 1.32. The molecule has 4 heteroatoms. The van der Waals surface area contributed by atoms with Crippen LogP contribution in [0.2, 0.25) is 0 Å². The minimum atomic E-state index is -0.0979. The summed E-state index contributed by atoms with van der Waals surface area (Å²) in [7, 11) is 0. The van der Waals surface area contributed by atoms with E-state index in [1.165, 1.54) is 31.5 Å². The number of aromatic hydroxyl groups is 1. The highest BCUT2D eigenvalue weighted by atomic mass is 19.1. The molecule has 4 heterocycles. The van der Waals surface area contributed by atoms with Crippen LogP contribution in [-0.4, -0.2) is 46.6 Å². The topological polar surface area (TPSA) is 26.7 Å². The average Bonchev–Trinajstić information content (AvgIpc) is 3.07. The summed E-state index contributed by atoms with van der Waals surface area (Å²) in [6.07, 6.45) is 2.50. The minimum Gasteiger partial charge on any atom is -0.508 e. The summed E-state index contributed by atoms with van der Waals surface area (Å²) >= 11 is 0. The Morgan fingerprint density at radius 2 is 1.89 bits per heavy atom. The highest BCUT2D eigenvalue weighted by Crippen LogP contribution is 2.47. The molecule has 27 heavy (non-hydrogen) atoms. The third-order valence-electron chi connectivity index (χ3n) is 6.97. The molecule has 4 aliphatic heterocycles. The lowest BCUT2D eigenvalue weighted by Crippen LogP contribution is -2.60. The fraction of sp³-hybridized carbons (Fsp3) is 0.478. The molecule has 4 aliphatic rings. The molecule has 3 nitrogen and oxygen atoms in total. The number of rotatable bonds is 3. The molecule has 6 rings (SSSR count). The van der Waals surface area contributed by atoms with Gasteiger partial charge in [0.05, 0.1) is 0 Å². The van der Waals surface area contributed by atoms with E-state index in [4.69, 9.17) is 0 Å². The van der Waals surface area contributed by atoms with Gasteiger partial charge >= 0.3 is 0 Å². The summed E-state index contributed by atoms with van der Waals surface area (Å²) in [6.45, 7) is 5.98. The third kappa shape index (κ3) is 2.95. The Bertz CT molecular complexity index is 846. The molecule has 142 valence electrons. The summed E-state index contributed by atoms with van der Waals surface area (Å²) < 4.78 is 14.4. The quantitative estimate of drug-likeness (QED) is 0.892. The maximum absolute atomic E-state index is 14.4. The van der Waals surface area contributed by atoms with E-state index in [0.717, 1.165) is 17.7 Å². The largest absolute Gasteiger partial charge is 0.508 e. The zero-order valence-corrected chi connectivity index (χ0v) is 15.8. The molecule has 0 spiro atoms. The number of hydrogen-bond acceptors (Lipinski definition) is 3. The van der Waals surface area contributed by atoms with Gasteiger partial charge < -0.3 is 5.11 Å². The van der Waals surface area contributed by atoms with Crippen LogP contribution in [0.5, 0.6) is 5.75 Å². The first-order chi connectivity index (χ1) is 13.1. The van der Waals surface area contributed by atoms with E-state index in [-0.39, 0.29) is 5.82 Å². The fourth-order valence-corrected chi connectivity index (χ4v) is 5.81. The summed E-state index contributed by atoms with van der Waals surface area (Å²) in [5.41, 5.74) is 3.13. The first-order valence-corrected chi connectivity index (χ1v) is 10.1. The van der Waals surface area contributed by atoms with Crippen LogP contribution in [0.15, 0.2) is 42.5 Å². The number of phenolic OH excluding ortho intramolecular Hbond substituents is 1. The first-order valence-electron chi connectivity index (χ1n) is 10.1. The van der Waals surface area contributed by atoms with Crippen molar-refractivity contribution >= 4 is 0 Å². The van der Waals surface area contributed by atoms with Gasteiger partial charge in [-0.15, -0.1) is 0 Å². The number of piperidine rings is 3. The second kappa shape index (κ2) is 6.61. The number of phenols is 1. The molecule has 0 saturated carbocycles. The van der Waals surface area contributed by atoms with E-state index in [1.54, 1.807) is 12.1 Å². The zero-order valence-electron chi connectivity index (χ0n) is 15.8. The lowest BCUT2D eigenvalue weighted by molar-refractivity contribution is -0.00893. The van der Waals surface area contributed by atoms with Crippen LogP contribution < -0.4 is 0 Å². The maximum atomic E-state index is 14.4. The van der Waals surface area contributed by atoms with Crippen molar-refractivity contribution in [3.63, 3.8) is 0 Å². The minimum absolute atomic E-state index is 0.0979. The van der Waals surface area contributed by atoms with Crippen molar-refractivity contribution in [3.8, 4) is 5.75 Å². The number of hydrogen-bond donors (Lipinski definition) is 1. The third-order valence-corrected chi connectivity index (χ3v) is 6.97. The van der Waals surface area contributed by atoms with Gasteiger partial charge in [0.25, 0.3) is 0 Å². The molecule has 2 bridgehead atoms. The van der Waals surface area contributed by atoms with Gasteiger partial charge in [-0.3, -0.25) is 9.80 Å². The molecular formula is C23H27FN2O. The molecule has 2 aromatic rings. The SMILES string of the molecule is Cc1ccc(F)c(CN2C[C@H](c3cccc(O)c3)[C@H]3[C@@H]2C2CCN3CC2)c1. The molecule has 4 saturated heterocycles. The Morgan fingerprint density at radius 3 is 2.67 bits per heavy atom. The molecule has 3 atom stereocenters.